The standard InChI is InChI=1S/C29H27N3O7S2/c1-37-29(31-22(33)15-21-13-8-14-40-21)26(35)32-23(20(16-38-28(30)36)17-41-27(29)32)25(34)39-24(18-9-4-2-5-10-18)19-11-6-3-7-12-19/h2-14,24,27H,15-17H2,1H3,(H2,30,36)(H,31,33)/t27-,29+/m1/s1. The summed E-state index contributed by atoms with van der Waals surface area (Å²) in [5, 5.41) is 3.83. The number of thiophene rings is 1. The Bertz CT molecular complexity index is 1420. The minimum absolute atomic E-state index is 0.0722. The molecule has 2 aliphatic rings. The number of rotatable bonds is 10. The minimum Gasteiger partial charge on any atom is -0.448 e. The van der Waals surface area contributed by atoms with Gasteiger partial charge in [0.05, 0.1) is 6.42 Å². The van der Waals surface area contributed by atoms with E-state index in [9.17, 15) is 19.2 Å². The molecule has 0 saturated carbocycles. The van der Waals surface area contributed by atoms with E-state index in [1.165, 1.54) is 35.1 Å². The first-order chi connectivity index (χ1) is 19.8. The molecule has 0 aliphatic carbocycles. The van der Waals surface area contributed by atoms with Gasteiger partial charge in [0.25, 0.3) is 11.6 Å². The highest BCUT2D eigenvalue weighted by Crippen LogP contribution is 2.47. The maximum atomic E-state index is 13.9. The zero-order valence-corrected chi connectivity index (χ0v) is 23.6. The van der Waals surface area contributed by atoms with Crippen LogP contribution in [0.15, 0.2) is 89.4 Å². The van der Waals surface area contributed by atoms with Crippen molar-refractivity contribution in [2.24, 2.45) is 5.73 Å². The summed E-state index contributed by atoms with van der Waals surface area (Å²) in [5.74, 6) is -1.64. The van der Waals surface area contributed by atoms with Gasteiger partial charge in [0.1, 0.15) is 17.7 Å². The van der Waals surface area contributed by atoms with Gasteiger partial charge in [0, 0.05) is 23.3 Å². The Morgan fingerprint density at radius 1 is 1.05 bits per heavy atom. The summed E-state index contributed by atoms with van der Waals surface area (Å²) in [6.07, 6.45) is -1.73. The number of amides is 3. The van der Waals surface area contributed by atoms with E-state index in [-0.39, 0.29) is 24.5 Å². The number of hydrogen-bond donors (Lipinski definition) is 2. The maximum Gasteiger partial charge on any atom is 0.404 e. The van der Waals surface area contributed by atoms with E-state index < -0.39 is 41.1 Å². The van der Waals surface area contributed by atoms with Crippen LogP contribution in [0.4, 0.5) is 4.79 Å². The van der Waals surface area contributed by atoms with E-state index in [2.05, 4.69) is 5.32 Å². The van der Waals surface area contributed by atoms with Gasteiger partial charge in [0.15, 0.2) is 6.10 Å². The number of carbonyl (C=O) groups is 4. The molecule has 12 heteroatoms. The monoisotopic (exact) mass is 593 g/mol. The van der Waals surface area contributed by atoms with Crippen LogP contribution in [-0.2, 0) is 35.0 Å². The van der Waals surface area contributed by atoms with E-state index in [4.69, 9.17) is 19.9 Å². The maximum absolute atomic E-state index is 13.9. The van der Waals surface area contributed by atoms with Gasteiger partial charge in [-0.1, -0.05) is 66.7 Å². The van der Waals surface area contributed by atoms with Crippen molar-refractivity contribution in [3.8, 4) is 0 Å². The second kappa shape index (κ2) is 12.2. The molecule has 0 spiro atoms. The molecule has 2 aliphatic heterocycles. The Balaban J connectivity index is 1.45. The molecule has 41 heavy (non-hydrogen) atoms. The van der Waals surface area contributed by atoms with Gasteiger partial charge in [-0.25, -0.2) is 9.59 Å². The summed E-state index contributed by atoms with van der Waals surface area (Å²) in [4.78, 5) is 53.9. The first-order valence-electron chi connectivity index (χ1n) is 12.6. The number of esters is 1. The number of hydrogen-bond acceptors (Lipinski definition) is 9. The molecule has 1 aromatic heterocycles. The van der Waals surface area contributed by atoms with Gasteiger partial charge in [-0.05, 0) is 22.6 Å². The highest BCUT2D eigenvalue weighted by Gasteiger charge is 2.66. The lowest BCUT2D eigenvalue weighted by molar-refractivity contribution is -0.193. The van der Waals surface area contributed by atoms with E-state index in [0.717, 1.165) is 16.0 Å². The fourth-order valence-electron chi connectivity index (χ4n) is 4.77. The Morgan fingerprint density at radius 3 is 2.27 bits per heavy atom. The predicted molar refractivity (Wildman–Crippen MR) is 152 cm³/mol. The number of fused-ring (bicyclic) bond motifs is 1. The number of methoxy groups -OCH3 is 1. The zero-order chi connectivity index (χ0) is 29.0. The van der Waals surface area contributed by atoms with Crippen molar-refractivity contribution in [1.82, 2.24) is 10.2 Å². The van der Waals surface area contributed by atoms with Gasteiger partial charge < -0.3 is 25.3 Å². The van der Waals surface area contributed by atoms with Crippen LogP contribution in [0.5, 0.6) is 0 Å². The third-order valence-electron chi connectivity index (χ3n) is 6.68. The lowest BCUT2D eigenvalue weighted by atomic mass is 9.97. The number of carbonyl (C=O) groups excluding carboxylic acids is 4. The van der Waals surface area contributed by atoms with Crippen LogP contribution in [-0.4, -0.2) is 59.3 Å². The Hall–Kier alpha value is -4.13. The topological polar surface area (TPSA) is 137 Å². The van der Waals surface area contributed by atoms with E-state index in [1.54, 1.807) is 0 Å². The fourth-order valence-corrected chi connectivity index (χ4v) is 6.89. The quantitative estimate of drug-likeness (QED) is 0.208. The van der Waals surface area contributed by atoms with E-state index >= 15 is 0 Å². The summed E-state index contributed by atoms with van der Waals surface area (Å²) in [5.41, 5.74) is 5.24. The van der Waals surface area contributed by atoms with Gasteiger partial charge in [-0.3, -0.25) is 14.5 Å². The number of benzene rings is 2. The summed E-state index contributed by atoms with van der Waals surface area (Å²) in [6, 6.07) is 22.1. The van der Waals surface area contributed by atoms with Gasteiger partial charge in [-0.15, -0.1) is 23.1 Å². The minimum atomic E-state index is -1.68. The molecule has 3 heterocycles. The largest absolute Gasteiger partial charge is 0.448 e. The van der Waals surface area contributed by atoms with Crippen LogP contribution in [0, 0.1) is 0 Å². The average molecular weight is 594 g/mol. The number of nitrogens with zero attached hydrogens (tertiary/aromatic N) is 1. The Labute approximate surface area is 244 Å². The molecule has 3 N–H and O–H groups in total. The molecule has 10 nitrogen and oxygen atoms in total. The second-order valence-corrected chi connectivity index (χ2v) is 11.3. The normalized spacial score (nSPS) is 19.8. The number of ether oxygens (including phenoxy) is 3. The van der Waals surface area contributed by atoms with Crippen LogP contribution >= 0.6 is 23.1 Å². The van der Waals surface area contributed by atoms with Gasteiger partial charge in [-0.2, -0.15) is 0 Å². The smallest absolute Gasteiger partial charge is 0.404 e. The molecule has 2 aromatic carbocycles. The molecule has 3 amide bonds. The third kappa shape index (κ3) is 5.71. The van der Waals surface area contributed by atoms with E-state index in [0.29, 0.717) is 5.57 Å². The molecule has 0 radical (unpaired) electrons. The highest BCUT2D eigenvalue weighted by atomic mass is 32.2. The van der Waals surface area contributed by atoms with Crippen molar-refractivity contribution < 1.29 is 33.4 Å². The Morgan fingerprint density at radius 2 is 1.71 bits per heavy atom. The Kier molecular flexibility index (Phi) is 8.43. The molecule has 1 fully saturated rings. The van der Waals surface area contributed by atoms with Crippen molar-refractivity contribution >= 4 is 47.0 Å². The van der Waals surface area contributed by atoms with Crippen molar-refractivity contribution in [3.63, 3.8) is 0 Å². The van der Waals surface area contributed by atoms with Crippen LogP contribution in [0.3, 0.4) is 0 Å². The van der Waals surface area contributed by atoms with Crippen molar-refractivity contribution in [3.05, 3.63) is 105 Å². The molecule has 2 atom stereocenters. The number of nitrogens with one attached hydrogen (secondary N) is 1. The fraction of sp³-hybridized carbons (Fsp3) is 0.241. The second-order valence-electron chi connectivity index (χ2n) is 9.25. The zero-order valence-electron chi connectivity index (χ0n) is 22.0. The lowest BCUT2D eigenvalue weighted by Gasteiger charge is -2.56. The number of thioether (sulfide) groups is 1. The SMILES string of the molecule is CO[C@@]1(NC(=O)Cc2cccs2)C(=O)N2C(C(=O)OC(c3ccccc3)c3ccccc3)=C(COC(N)=O)CS[C@@H]21. The van der Waals surface area contributed by atoms with Gasteiger partial charge >= 0.3 is 12.1 Å². The molecule has 3 aromatic rings. The van der Waals surface area contributed by atoms with Crippen molar-refractivity contribution in [2.75, 3.05) is 19.5 Å². The predicted octanol–water partition coefficient (Wildman–Crippen LogP) is 3.35. The third-order valence-corrected chi connectivity index (χ3v) is 8.93. The number of nitrogens with two attached hydrogens (primary N) is 1. The molecule has 5 rings (SSSR count). The van der Waals surface area contributed by atoms with Crippen LogP contribution in [0.25, 0.3) is 0 Å². The first-order valence-corrected chi connectivity index (χ1v) is 14.6. The summed E-state index contributed by atoms with van der Waals surface area (Å²) >= 11 is 2.69. The number of primary amides is 1. The molecular weight excluding hydrogens is 566 g/mol. The molecular formula is C29H27N3O7S2. The molecule has 0 unspecified atom stereocenters. The highest BCUT2D eigenvalue weighted by molar-refractivity contribution is 8.00. The van der Waals surface area contributed by atoms with Crippen LogP contribution in [0.2, 0.25) is 0 Å². The molecule has 0 bridgehead atoms. The van der Waals surface area contributed by atoms with Crippen molar-refractivity contribution in [2.45, 2.75) is 23.6 Å². The summed E-state index contributed by atoms with van der Waals surface area (Å²) < 4.78 is 16.7. The number of β-lactam (4-membered cyclic amide) rings is 1. The summed E-state index contributed by atoms with van der Waals surface area (Å²) in [7, 11) is 1.33. The molecule has 1 saturated heterocycles. The van der Waals surface area contributed by atoms with E-state index in [1.807, 2.05) is 78.2 Å². The average Bonchev–Trinajstić information content (AvgIpc) is 3.50. The van der Waals surface area contributed by atoms with Crippen molar-refractivity contribution in [1.29, 1.82) is 0 Å². The van der Waals surface area contributed by atoms with Crippen LogP contribution in [0.1, 0.15) is 22.1 Å². The van der Waals surface area contributed by atoms with Crippen LogP contribution < -0.4 is 11.1 Å². The summed E-state index contributed by atoms with van der Waals surface area (Å²) in [6.45, 7) is -0.310. The molecule has 212 valence electrons. The first kappa shape index (κ1) is 28.4. The lowest BCUT2D eigenvalue weighted by Crippen LogP contribution is -2.80. The van der Waals surface area contributed by atoms with Gasteiger partial charge in [0.2, 0.25) is 5.91 Å².